The standard InChI is InChI=1S/C25H37N7O3/c1-17(2)22-26-27-23(35-22)20-13-25(16-32(20)15-21(33)30-9-5-6-10-30)7-11-31(12-8-25)24(34)19-14-29(4)28-18(19)3/h14,17,20H,5-13,15-16H2,1-4H3. The van der Waals surface area contributed by atoms with E-state index < -0.39 is 0 Å². The predicted octanol–water partition coefficient (Wildman–Crippen LogP) is 2.53. The van der Waals surface area contributed by atoms with Crippen LogP contribution in [0, 0.1) is 12.3 Å². The van der Waals surface area contributed by atoms with Crippen LogP contribution in [-0.2, 0) is 11.8 Å². The van der Waals surface area contributed by atoms with Gasteiger partial charge in [-0.2, -0.15) is 5.10 Å². The van der Waals surface area contributed by atoms with Crippen LogP contribution >= 0.6 is 0 Å². The number of piperidine rings is 1. The van der Waals surface area contributed by atoms with Crippen molar-refractivity contribution < 1.29 is 14.0 Å². The Hall–Kier alpha value is -2.75. The fourth-order valence-electron chi connectivity index (χ4n) is 5.94. The number of rotatable bonds is 5. The molecule has 0 bridgehead atoms. The van der Waals surface area contributed by atoms with Crippen molar-refractivity contribution in [3.8, 4) is 0 Å². The molecule has 0 N–H and O–H groups in total. The van der Waals surface area contributed by atoms with Crippen LogP contribution < -0.4 is 0 Å². The molecular formula is C25H37N7O3. The van der Waals surface area contributed by atoms with E-state index in [1.807, 2.05) is 37.6 Å². The van der Waals surface area contributed by atoms with Gasteiger partial charge in [0.15, 0.2) is 0 Å². The smallest absolute Gasteiger partial charge is 0.257 e. The third-order valence-electron chi connectivity index (χ3n) is 7.99. The van der Waals surface area contributed by atoms with E-state index >= 15 is 0 Å². The van der Waals surface area contributed by atoms with Gasteiger partial charge in [0.2, 0.25) is 17.7 Å². The van der Waals surface area contributed by atoms with Crippen LogP contribution in [0.25, 0.3) is 0 Å². The Kier molecular flexibility index (Phi) is 6.41. The highest BCUT2D eigenvalue weighted by Crippen LogP contribution is 2.49. The first-order chi connectivity index (χ1) is 16.7. The zero-order chi connectivity index (χ0) is 24.7. The summed E-state index contributed by atoms with van der Waals surface area (Å²) in [5.74, 6) is 1.66. The lowest BCUT2D eigenvalue weighted by Crippen LogP contribution is -2.45. The molecule has 35 heavy (non-hydrogen) atoms. The van der Waals surface area contributed by atoms with Gasteiger partial charge in [0.25, 0.3) is 5.91 Å². The Labute approximate surface area is 206 Å². The largest absolute Gasteiger partial charge is 0.423 e. The number of amides is 2. The van der Waals surface area contributed by atoms with E-state index in [0.29, 0.717) is 37.0 Å². The molecule has 190 valence electrons. The Morgan fingerprint density at radius 2 is 1.83 bits per heavy atom. The molecule has 0 radical (unpaired) electrons. The number of likely N-dealkylation sites (tertiary alicyclic amines) is 3. The van der Waals surface area contributed by atoms with Crippen molar-refractivity contribution in [3.63, 3.8) is 0 Å². The highest BCUT2D eigenvalue weighted by atomic mass is 16.4. The summed E-state index contributed by atoms with van der Waals surface area (Å²) in [4.78, 5) is 32.4. The lowest BCUT2D eigenvalue weighted by Gasteiger charge is -2.39. The van der Waals surface area contributed by atoms with E-state index in [-0.39, 0.29) is 29.2 Å². The van der Waals surface area contributed by atoms with Gasteiger partial charge in [-0.25, -0.2) is 0 Å². The fraction of sp³-hybridized carbons (Fsp3) is 0.720. The molecule has 5 heterocycles. The Bertz CT molecular complexity index is 1080. The Morgan fingerprint density at radius 1 is 1.11 bits per heavy atom. The Balaban J connectivity index is 1.31. The highest BCUT2D eigenvalue weighted by molar-refractivity contribution is 5.95. The molecule has 10 nitrogen and oxygen atoms in total. The normalized spacial score (nSPS) is 22.6. The minimum absolute atomic E-state index is 0.0309. The summed E-state index contributed by atoms with van der Waals surface area (Å²) in [6.07, 6.45) is 6.64. The minimum atomic E-state index is -0.0654. The van der Waals surface area contributed by atoms with E-state index in [9.17, 15) is 9.59 Å². The van der Waals surface area contributed by atoms with E-state index in [2.05, 4.69) is 20.2 Å². The van der Waals surface area contributed by atoms with Gasteiger partial charge in [0, 0.05) is 51.9 Å². The van der Waals surface area contributed by atoms with Crippen LogP contribution in [0.5, 0.6) is 0 Å². The van der Waals surface area contributed by atoms with Gasteiger partial charge in [-0.05, 0) is 44.4 Å². The lowest BCUT2D eigenvalue weighted by atomic mass is 9.76. The second-order valence-corrected chi connectivity index (χ2v) is 10.9. The van der Waals surface area contributed by atoms with Gasteiger partial charge in [-0.15, -0.1) is 10.2 Å². The topological polar surface area (TPSA) is 101 Å². The summed E-state index contributed by atoms with van der Waals surface area (Å²) in [6, 6.07) is -0.0654. The van der Waals surface area contributed by atoms with Gasteiger partial charge in [-0.3, -0.25) is 19.2 Å². The highest BCUT2D eigenvalue weighted by Gasteiger charge is 2.49. The molecule has 1 atom stereocenters. The molecule has 2 aromatic rings. The van der Waals surface area contributed by atoms with Crippen LogP contribution in [0.2, 0.25) is 0 Å². The molecule has 1 spiro atoms. The second kappa shape index (κ2) is 9.37. The molecular weight excluding hydrogens is 446 g/mol. The number of hydrogen-bond donors (Lipinski definition) is 0. The molecule has 2 amide bonds. The van der Waals surface area contributed by atoms with Gasteiger partial charge >= 0.3 is 0 Å². The number of carbonyl (C=O) groups excluding carboxylic acids is 2. The average molecular weight is 484 g/mol. The average Bonchev–Trinajstić information content (AvgIpc) is 3.61. The Morgan fingerprint density at radius 3 is 2.43 bits per heavy atom. The molecule has 0 aromatic carbocycles. The molecule has 0 saturated carbocycles. The zero-order valence-electron chi connectivity index (χ0n) is 21.4. The number of aryl methyl sites for hydroxylation is 2. The first-order valence-corrected chi connectivity index (χ1v) is 12.9. The molecule has 3 aliphatic rings. The van der Waals surface area contributed by atoms with Crippen LogP contribution in [-0.4, -0.2) is 85.8 Å². The lowest BCUT2D eigenvalue weighted by molar-refractivity contribution is -0.131. The fourth-order valence-corrected chi connectivity index (χ4v) is 5.94. The third-order valence-corrected chi connectivity index (χ3v) is 7.99. The summed E-state index contributed by atoms with van der Waals surface area (Å²) in [5, 5.41) is 13.0. The van der Waals surface area contributed by atoms with E-state index in [4.69, 9.17) is 4.42 Å². The van der Waals surface area contributed by atoms with E-state index in [1.165, 1.54) is 0 Å². The summed E-state index contributed by atoms with van der Waals surface area (Å²) >= 11 is 0. The molecule has 1 unspecified atom stereocenters. The SMILES string of the molecule is Cc1nn(C)cc1C(=O)N1CCC2(CC1)CC(c1nnc(C(C)C)o1)N(CC(=O)N1CCCC1)C2. The van der Waals surface area contributed by atoms with Crippen molar-refractivity contribution in [1.82, 2.24) is 34.7 Å². The van der Waals surface area contributed by atoms with Crippen molar-refractivity contribution in [1.29, 1.82) is 0 Å². The quantitative estimate of drug-likeness (QED) is 0.644. The van der Waals surface area contributed by atoms with Crippen molar-refractivity contribution in [3.05, 3.63) is 29.2 Å². The van der Waals surface area contributed by atoms with Crippen LogP contribution in [0.4, 0.5) is 0 Å². The van der Waals surface area contributed by atoms with Gasteiger partial charge in [-0.1, -0.05) is 13.8 Å². The molecule has 3 saturated heterocycles. The van der Waals surface area contributed by atoms with Crippen molar-refractivity contribution in [2.75, 3.05) is 39.3 Å². The van der Waals surface area contributed by atoms with E-state index in [1.54, 1.807) is 10.9 Å². The maximum atomic E-state index is 13.1. The van der Waals surface area contributed by atoms with Gasteiger partial charge in [0.05, 0.1) is 23.8 Å². The summed E-state index contributed by atoms with van der Waals surface area (Å²) < 4.78 is 7.77. The van der Waals surface area contributed by atoms with Crippen molar-refractivity contribution in [2.45, 2.75) is 64.8 Å². The third kappa shape index (κ3) is 4.72. The monoisotopic (exact) mass is 483 g/mol. The maximum absolute atomic E-state index is 13.1. The first-order valence-electron chi connectivity index (χ1n) is 12.9. The van der Waals surface area contributed by atoms with Gasteiger partial charge in [0.1, 0.15) is 0 Å². The predicted molar refractivity (Wildman–Crippen MR) is 129 cm³/mol. The molecule has 3 fully saturated rings. The molecule has 2 aromatic heterocycles. The van der Waals surface area contributed by atoms with Crippen molar-refractivity contribution in [2.24, 2.45) is 12.5 Å². The van der Waals surface area contributed by atoms with Crippen LogP contribution in [0.1, 0.15) is 85.7 Å². The summed E-state index contributed by atoms with van der Waals surface area (Å²) in [5.41, 5.74) is 1.48. The van der Waals surface area contributed by atoms with E-state index in [0.717, 1.165) is 57.4 Å². The second-order valence-electron chi connectivity index (χ2n) is 10.9. The van der Waals surface area contributed by atoms with Crippen LogP contribution in [0.15, 0.2) is 10.6 Å². The molecule has 5 rings (SSSR count). The van der Waals surface area contributed by atoms with Crippen LogP contribution in [0.3, 0.4) is 0 Å². The number of hydrogen-bond acceptors (Lipinski definition) is 7. The maximum Gasteiger partial charge on any atom is 0.257 e. The number of aromatic nitrogens is 4. The minimum Gasteiger partial charge on any atom is -0.423 e. The molecule has 3 aliphatic heterocycles. The molecule has 0 aliphatic carbocycles. The zero-order valence-corrected chi connectivity index (χ0v) is 21.4. The van der Waals surface area contributed by atoms with Crippen molar-refractivity contribution >= 4 is 11.8 Å². The van der Waals surface area contributed by atoms with Gasteiger partial charge < -0.3 is 14.2 Å². The summed E-state index contributed by atoms with van der Waals surface area (Å²) in [7, 11) is 1.84. The first kappa shape index (κ1) is 24.0. The number of carbonyl (C=O) groups is 2. The number of nitrogens with zero attached hydrogens (tertiary/aromatic N) is 7. The summed E-state index contributed by atoms with van der Waals surface area (Å²) in [6.45, 7) is 10.3. The molecule has 10 heteroatoms.